The number of sulfonamides is 1. The fraction of sp³-hybridized carbons (Fsp3) is 0.571. The maximum absolute atomic E-state index is 12.2. The molecule has 0 amide bonds. The second kappa shape index (κ2) is 6.56. The third-order valence-corrected chi connectivity index (χ3v) is 5.09. The lowest BCUT2D eigenvalue weighted by Crippen LogP contribution is -2.39. The van der Waals surface area contributed by atoms with E-state index in [-0.39, 0.29) is 0 Å². The highest BCUT2D eigenvalue weighted by Crippen LogP contribution is 2.27. The molecule has 0 bridgehead atoms. The summed E-state index contributed by atoms with van der Waals surface area (Å²) >= 11 is 0. The first-order valence-electron chi connectivity index (χ1n) is 7.11. The van der Waals surface area contributed by atoms with Crippen molar-refractivity contribution in [1.29, 1.82) is 0 Å². The number of anilines is 1. The predicted octanol–water partition coefficient (Wildman–Crippen LogP) is 1.52. The van der Waals surface area contributed by atoms with E-state index in [0.29, 0.717) is 29.1 Å². The molecule has 0 aromatic heterocycles. The molecule has 1 saturated carbocycles. The third-order valence-electron chi connectivity index (χ3n) is 3.57. The molecule has 1 aromatic carbocycles. The zero-order chi connectivity index (χ0) is 14.6. The van der Waals surface area contributed by atoms with Crippen molar-refractivity contribution in [3.8, 4) is 0 Å². The van der Waals surface area contributed by atoms with Crippen molar-refractivity contribution in [3.63, 3.8) is 0 Å². The van der Waals surface area contributed by atoms with Gasteiger partial charge >= 0.3 is 0 Å². The summed E-state index contributed by atoms with van der Waals surface area (Å²) in [4.78, 5) is 0.317. The molecule has 1 aliphatic rings. The van der Waals surface area contributed by atoms with Gasteiger partial charge in [-0.2, -0.15) is 0 Å². The van der Waals surface area contributed by atoms with E-state index in [0.717, 1.165) is 25.8 Å². The monoisotopic (exact) mass is 297 g/mol. The molecule has 1 fully saturated rings. The summed E-state index contributed by atoms with van der Waals surface area (Å²) in [7, 11) is -3.44. The van der Waals surface area contributed by atoms with E-state index in [1.54, 1.807) is 18.2 Å². The Kier molecular flexibility index (Phi) is 5.01. The molecule has 0 radical (unpaired) electrons. The molecule has 0 heterocycles. The molecule has 4 N–H and O–H groups in total. The highest BCUT2D eigenvalue weighted by molar-refractivity contribution is 7.89. The number of para-hydroxylation sites is 1. The smallest absolute Gasteiger partial charge is 0.242 e. The molecule has 2 rings (SSSR count). The summed E-state index contributed by atoms with van der Waals surface area (Å²) in [6, 6.07) is 7.33. The average Bonchev–Trinajstić information content (AvgIpc) is 2.40. The fourth-order valence-corrected chi connectivity index (χ4v) is 3.69. The Morgan fingerprint density at radius 3 is 2.65 bits per heavy atom. The van der Waals surface area contributed by atoms with Gasteiger partial charge in [0.1, 0.15) is 4.90 Å². The van der Waals surface area contributed by atoms with Crippen LogP contribution in [0.1, 0.15) is 26.2 Å². The number of hydrogen-bond donors (Lipinski definition) is 3. The highest BCUT2D eigenvalue weighted by atomic mass is 32.2. The van der Waals surface area contributed by atoms with Crippen LogP contribution in [0.3, 0.4) is 0 Å². The normalized spacial score (nSPS) is 22.3. The standard InChI is InChI=1S/C14H23N3O2S/c1-2-7-17-20(18,19)14-6-4-3-5-13(14)16-10-11-8-12(15)9-11/h3-6,11-12,16-17H,2,7-10,15H2,1H3. The van der Waals surface area contributed by atoms with E-state index in [2.05, 4.69) is 10.0 Å². The summed E-state index contributed by atoms with van der Waals surface area (Å²) in [6.45, 7) is 3.16. The topological polar surface area (TPSA) is 84.2 Å². The highest BCUT2D eigenvalue weighted by Gasteiger charge is 2.26. The number of nitrogens with two attached hydrogens (primary N) is 1. The number of nitrogens with one attached hydrogen (secondary N) is 2. The first-order valence-corrected chi connectivity index (χ1v) is 8.59. The van der Waals surface area contributed by atoms with Crippen molar-refractivity contribution in [2.45, 2.75) is 37.1 Å². The second-order valence-corrected chi connectivity index (χ2v) is 7.11. The minimum absolute atomic E-state index is 0.312. The van der Waals surface area contributed by atoms with Gasteiger partial charge in [-0.3, -0.25) is 0 Å². The molecular formula is C14H23N3O2S. The maximum Gasteiger partial charge on any atom is 0.242 e. The van der Waals surface area contributed by atoms with Crippen LogP contribution in [0.4, 0.5) is 5.69 Å². The Labute approximate surface area is 121 Å². The molecule has 20 heavy (non-hydrogen) atoms. The van der Waals surface area contributed by atoms with Gasteiger partial charge < -0.3 is 11.1 Å². The largest absolute Gasteiger partial charge is 0.384 e. The lowest BCUT2D eigenvalue weighted by atomic mass is 9.81. The van der Waals surface area contributed by atoms with Crippen LogP contribution in [0.25, 0.3) is 0 Å². The van der Waals surface area contributed by atoms with Gasteiger partial charge in [-0.1, -0.05) is 19.1 Å². The summed E-state index contributed by atoms with van der Waals surface area (Å²) in [5, 5.41) is 3.24. The molecule has 0 atom stereocenters. The van der Waals surface area contributed by atoms with Crippen LogP contribution in [0.15, 0.2) is 29.2 Å². The maximum atomic E-state index is 12.2. The third kappa shape index (κ3) is 3.71. The van der Waals surface area contributed by atoms with Gasteiger partial charge in [0.25, 0.3) is 0 Å². The second-order valence-electron chi connectivity index (χ2n) is 5.37. The van der Waals surface area contributed by atoms with Gasteiger partial charge in [0, 0.05) is 19.1 Å². The molecule has 1 aromatic rings. The minimum atomic E-state index is -3.44. The number of hydrogen-bond acceptors (Lipinski definition) is 4. The van der Waals surface area contributed by atoms with Crippen molar-refractivity contribution >= 4 is 15.7 Å². The Hall–Kier alpha value is -1.11. The number of benzene rings is 1. The van der Waals surface area contributed by atoms with E-state index in [1.165, 1.54) is 0 Å². The van der Waals surface area contributed by atoms with E-state index in [1.807, 2.05) is 13.0 Å². The fourth-order valence-electron chi connectivity index (χ4n) is 2.37. The zero-order valence-corrected chi connectivity index (χ0v) is 12.6. The number of rotatable bonds is 7. The quantitative estimate of drug-likeness (QED) is 0.712. The van der Waals surface area contributed by atoms with Crippen LogP contribution in [-0.2, 0) is 10.0 Å². The summed E-state index contributed by atoms with van der Waals surface area (Å²) in [5.74, 6) is 0.546. The lowest BCUT2D eigenvalue weighted by molar-refractivity contribution is 0.280. The molecule has 0 saturated heterocycles. The summed E-state index contributed by atoms with van der Waals surface area (Å²) < 4.78 is 27.0. The molecule has 0 spiro atoms. The minimum Gasteiger partial charge on any atom is -0.384 e. The molecule has 112 valence electrons. The Balaban J connectivity index is 2.05. The first-order chi connectivity index (χ1) is 9.53. The van der Waals surface area contributed by atoms with Gasteiger partial charge in [0.05, 0.1) is 5.69 Å². The van der Waals surface area contributed by atoms with Gasteiger partial charge in [-0.05, 0) is 37.3 Å². The van der Waals surface area contributed by atoms with Crippen LogP contribution < -0.4 is 15.8 Å². The van der Waals surface area contributed by atoms with Gasteiger partial charge in [-0.25, -0.2) is 13.1 Å². The molecule has 6 heteroatoms. The van der Waals surface area contributed by atoms with Crippen LogP contribution in [0, 0.1) is 5.92 Å². The summed E-state index contributed by atoms with van der Waals surface area (Å²) in [6.07, 6.45) is 2.79. The Bertz CT molecular complexity index is 539. The van der Waals surface area contributed by atoms with E-state index < -0.39 is 10.0 Å². The molecule has 5 nitrogen and oxygen atoms in total. The molecule has 0 aliphatic heterocycles. The lowest BCUT2D eigenvalue weighted by Gasteiger charge is -2.32. The van der Waals surface area contributed by atoms with Crippen LogP contribution in [0.2, 0.25) is 0 Å². The van der Waals surface area contributed by atoms with Gasteiger partial charge in [-0.15, -0.1) is 0 Å². The zero-order valence-electron chi connectivity index (χ0n) is 11.8. The van der Waals surface area contributed by atoms with Crippen LogP contribution >= 0.6 is 0 Å². The van der Waals surface area contributed by atoms with Gasteiger partial charge in [0.2, 0.25) is 10.0 Å². The van der Waals surface area contributed by atoms with E-state index in [4.69, 9.17) is 5.73 Å². The van der Waals surface area contributed by atoms with E-state index in [9.17, 15) is 8.42 Å². The summed E-state index contributed by atoms with van der Waals surface area (Å²) in [5.41, 5.74) is 6.42. The molecule has 1 aliphatic carbocycles. The SMILES string of the molecule is CCCNS(=O)(=O)c1ccccc1NCC1CC(N)C1. The average molecular weight is 297 g/mol. The van der Waals surface area contributed by atoms with Crippen LogP contribution in [0.5, 0.6) is 0 Å². The van der Waals surface area contributed by atoms with E-state index >= 15 is 0 Å². The van der Waals surface area contributed by atoms with Crippen LogP contribution in [-0.4, -0.2) is 27.5 Å². The first kappa shape index (κ1) is 15.3. The van der Waals surface area contributed by atoms with Crippen molar-refractivity contribution in [2.75, 3.05) is 18.4 Å². The Morgan fingerprint density at radius 1 is 1.30 bits per heavy atom. The van der Waals surface area contributed by atoms with Gasteiger partial charge in [0.15, 0.2) is 0 Å². The predicted molar refractivity (Wildman–Crippen MR) is 81.1 cm³/mol. The van der Waals surface area contributed by atoms with Crippen molar-refractivity contribution in [3.05, 3.63) is 24.3 Å². The van der Waals surface area contributed by atoms with Crippen molar-refractivity contribution in [1.82, 2.24) is 4.72 Å². The van der Waals surface area contributed by atoms with Crippen molar-refractivity contribution < 1.29 is 8.42 Å². The van der Waals surface area contributed by atoms with Crippen molar-refractivity contribution in [2.24, 2.45) is 11.7 Å². The Morgan fingerprint density at radius 2 is 2.00 bits per heavy atom. The molecular weight excluding hydrogens is 274 g/mol. The molecule has 0 unspecified atom stereocenters.